The van der Waals surface area contributed by atoms with Crippen LogP contribution in [0.3, 0.4) is 0 Å². The summed E-state index contributed by atoms with van der Waals surface area (Å²) in [5, 5.41) is 5.96. The van der Waals surface area contributed by atoms with Crippen LogP contribution in [-0.2, 0) is 6.42 Å². The van der Waals surface area contributed by atoms with Gasteiger partial charge in [-0.2, -0.15) is 0 Å². The first-order chi connectivity index (χ1) is 11.5. The van der Waals surface area contributed by atoms with E-state index in [1.165, 1.54) is 21.3 Å². The van der Waals surface area contributed by atoms with Crippen LogP contribution in [0, 0.1) is 0 Å². The number of methoxy groups -OCH3 is 3. The minimum Gasteiger partial charge on any atom is -0.493 e. The van der Waals surface area contributed by atoms with Gasteiger partial charge in [-0.3, -0.25) is 4.79 Å². The van der Waals surface area contributed by atoms with Crippen LogP contribution in [0.2, 0.25) is 0 Å². The summed E-state index contributed by atoms with van der Waals surface area (Å²) < 4.78 is 15.9. The van der Waals surface area contributed by atoms with Crippen LogP contribution in [0.5, 0.6) is 17.2 Å². The molecule has 2 aromatic rings. The molecule has 1 atom stereocenters. The number of hydrogen-bond donors (Lipinski definition) is 1. The summed E-state index contributed by atoms with van der Waals surface area (Å²) in [5.41, 5.74) is 1.23. The average molecular weight is 350 g/mol. The van der Waals surface area contributed by atoms with E-state index < -0.39 is 0 Å². The fourth-order valence-corrected chi connectivity index (χ4v) is 3.15. The number of ether oxygens (including phenoxy) is 3. The highest BCUT2D eigenvalue weighted by Gasteiger charge is 2.22. The van der Waals surface area contributed by atoms with Crippen molar-refractivity contribution in [3.05, 3.63) is 33.8 Å². The molecule has 0 bridgehead atoms. The molecule has 0 aliphatic carbocycles. The highest BCUT2D eigenvalue weighted by atomic mass is 32.1. The zero-order chi connectivity index (χ0) is 17.7. The largest absolute Gasteiger partial charge is 0.493 e. The second-order valence-electron chi connectivity index (χ2n) is 5.10. The normalized spacial score (nSPS) is 11.7. The minimum atomic E-state index is -0.258. The van der Waals surface area contributed by atoms with Crippen molar-refractivity contribution in [3.8, 4) is 17.2 Å². The first kappa shape index (κ1) is 18.1. The topological polar surface area (TPSA) is 69.7 Å². The Morgan fingerprint density at radius 2 is 1.92 bits per heavy atom. The zero-order valence-corrected chi connectivity index (χ0v) is 15.3. The third-order valence-corrected chi connectivity index (χ3v) is 4.62. The van der Waals surface area contributed by atoms with Crippen molar-refractivity contribution >= 4 is 17.2 Å². The predicted octanol–water partition coefficient (Wildman–Crippen LogP) is 3.22. The molecule has 1 amide bonds. The summed E-state index contributed by atoms with van der Waals surface area (Å²) in [6, 6.07) is 3.13. The second kappa shape index (κ2) is 8.01. The van der Waals surface area contributed by atoms with E-state index in [1.54, 1.807) is 23.5 Å². The Bertz CT molecular complexity index is 715. The van der Waals surface area contributed by atoms with Crippen molar-refractivity contribution in [3.63, 3.8) is 0 Å². The molecule has 0 radical (unpaired) electrons. The van der Waals surface area contributed by atoms with E-state index >= 15 is 0 Å². The first-order valence-electron chi connectivity index (χ1n) is 7.59. The highest BCUT2D eigenvalue weighted by Crippen LogP contribution is 2.39. The number of carbonyl (C=O) groups excluding carboxylic acids is 1. The lowest BCUT2D eigenvalue weighted by Crippen LogP contribution is -2.27. The fourth-order valence-electron chi connectivity index (χ4n) is 2.31. The number of benzene rings is 1. The summed E-state index contributed by atoms with van der Waals surface area (Å²) in [4.78, 5) is 17.1. The molecule has 0 spiro atoms. The Kier molecular flexibility index (Phi) is 6.03. The number of hydrogen-bond acceptors (Lipinski definition) is 6. The molecule has 24 heavy (non-hydrogen) atoms. The molecule has 1 N–H and O–H groups in total. The van der Waals surface area contributed by atoms with Crippen LogP contribution in [0.25, 0.3) is 0 Å². The SMILES string of the molecule is CCc1nc(C(C)NC(=O)c2ccc(OC)c(OC)c2OC)cs1. The standard InChI is InChI=1S/C17H22N2O4S/c1-6-14-19-12(9-24-14)10(2)18-17(20)11-7-8-13(21-3)16(23-5)15(11)22-4/h7-10H,6H2,1-5H3,(H,18,20). The van der Waals surface area contributed by atoms with E-state index in [0.29, 0.717) is 22.8 Å². The molecule has 1 heterocycles. The molecule has 1 unspecified atom stereocenters. The monoisotopic (exact) mass is 350 g/mol. The van der Waals surface area contributed by atoms with E-state index in [-0.39, 0.29) is 11.9 Å². The maximum absolute atomic E-state index is 12.6. The lowest BCUT2D eigenvalue weighted by Gasteiger charge is -2.17. The molecular formula is C17H22N2O4S. The maximum Gasteiger partial charge on any atom is 0.255 e. The Hall–Kier alpha value is -2.28. The van der Waals surface area contributed by atoms with Crippen LogP contribution in [0.4, 0.5) is 0 Å². The molecule has 0 saturated heterocycles. The number of thiazole rings is 1. The van der Waals surface area contributed by atoms with Crippen molar-refractivity contribution in [1.82, 2.24) is 10.3 Å². The van der Waals surface area contributed by atoms with E-state index in [4.69, 9.17) is 14.2 Å². The summed E-state index contributed by atoms with van der Waals surface area (Å²) in [7, 11) is 4.53. The van der Waals surface area contributed by atoms with Gasteiger partial charge in [0.2, 0.25) is 5.75 Å². The van der Waals surface area contributed by atoms with Gasteiger partial charge in [0.15, 0.2) is 11.5 Å². The molecule has 7 heteroatoms. The maximum atomic E-state index is 12.6. The van der Waals surface area contributed by atoms with E-state index in [1.807, 2.05) is 12.3 Å². The van der Waals surface area contributed by atoms with E-state index in [9.17, 15) is 4.79 Å². The summed E-state index contributed by atoms with van der Waals surface area (Å²) in [6.45, 7) is 3.96. The van der Waals surface area contributed by atoms with Crippen molar-refractivity contribution in [2.75, 3.05) is 21.3 Å². The predicted molar refractivity (Wildman–Crippen MR) is 93.5 cm³/mol. The van der Waals surface area contributed by atoms with Gasteiger partial charge in [-0.15, -0.1) is 11.3 Å². The highest BCUT2D eigenvalue weighted by molar-refractivity contribution is 7.09. The molecule has 0 aliphatic rings. The molecule has 6 nitrogen and oxygen atoms in total. The molecular weight excluding hydrogens is 328 g/mol. The third-order valence-electron chi connectivity index (χ3n) is 3.61. The molecule has 0 aliphatic heterocycles. The summed E-state index contributed by atoms with van der Waals surface area (Å²) in [5.74, 6) is 0.980. The Balaban J connectivity index is 2.25. The van der Waals surface area contributed by atoms with Gasteiger partial charge in [-0.1, -0.05) is 6.92 Å². The van der Waals surface area contributed by atoms with Crippen LogP contribution < -0.4 is 19.5 Å². The van der Waals surface area contributed by atoms with Gasteiger partial charge in [-0.25, -0.2) is 4.98 Å². The molecule has 1 aromatic carbocycles. The van der Waals surface area contributed by atoms with Crippen LogP contribution >= 0.6 is 11.3 Å². The van der Waals surface area contributed by atoms with Crippen molar-refractivity contribution in [2.24, 2.45) is 0 Å². The third kappa shape index (κ3) is 3.62. The average Bonchev–Trinajstić information content (AvgIpc) is 3.09. The molecule has 1 aromatic heterocycles. The van der Waals surface area contributed by atoms with Gasteiger partial charge in [0.25, 0.3) is 5.91 Å². The van der Waals surface area contributed by atoms with E-state index in [2.05, 4.69) is 17.2 Å². The number of rotatable bonds is 7. The van der Waals surface area contributed by atoms with Gasteiger partial charge in [0.1, 0.15) is 0 Å². The Morgan fingerprint density at radius 3 is 2.46 bits per heavy atom. The fraction of sp³-hybridized carbons (Fsp3) is 0.412. The van der Waals surface area contributed by atoms with Gasteiger partial charge >= 0.3 is 0 Å². The lowest BCUT2D eigenvalue weighted by molar-refractivity contribution is 0.0935. The van der Waals surface area contributed by atoms with Gasteiger partial charge in [0.05, 0.1) is 43.6 Å². The number of amides is 1. The number of aryl methyl sites for hydroxylation is 1. The first-order valence-corrected chi connectivity index (χ1v) is 8.47. The lowest BCUT2D eigenvalue weighted by atomic mass is 10.1. The van der Waals surface area contributed by atoms with Gasteiger partial charge < -0.3 is 19.5 Å². The van der Waals surface area contributed by atoms with Gasteiger partial charge in [0, 0.05) is 5.38 Å². The summed E-state index contributed by atoms with van der Waals surface area (Å²) in [6.07, 6.45) is 0.884. The number of carbonyl (C=O) groups is 1. The van der Waals surface area contributed by atoms with Crippen LogP contribution in [0.15, 0.2) is 17.5 Å². The van der Waals surface area contributed by atoms with Crippen molar-refractivity contribution < 1.29 is 19.0 Å². The quantitative estimate of drug-likeness (QED) is 0.830. The zero-order valence-electron chi connectivity index (χ0n) is 14.5. The molecule has 0 fully saturated rings. The van der Waals surface area contributed by atoms with Crippen molar-refractivity contribution in [1.29, 1.82) is 0 Å². The van der Waals surface area contributed by atoms with E-state index in [0.717, 1.165) is 17.1 Å². The number of aromatic nitrogens is 1. The molecule has 130 valence electrons. The smallest absolute Gasteiger partial charge is 0.255 e. The minimum absolute atomic E-state index is 0.202. The van der Waals surface area contributed by atoms with Crippen LogP contribution in [-0.4, -0.2) is 32.2 Å². The van der Waals surface area contributed by atoms with Crippen molar-refractivity contribution in [2.45, 2.75) is 26.3 Å². The molecule has 2 rings (SSSR count). The van der Waals surface area contributed by atoms with Gasteiger partial charge in [-0.05, 0) is 25.5 Å². The number of nitrogens with one attached hydrogen (secondary N) is 1. The summed E-state index contributed by atoms with van der Waals surface area (Å²) >= 11 is 1.60. The Labute approximate surface area is 145 Å². The number of nitrogens with zero attached hydrogens (tertiary/aromatic N) is 1. The van der Waals surface area contributed by atoms with Crippen LogP contribution in [0.1, 0.15) is 40.9 Å². The molecule has 0 saturated carbocycles. The second-order valence-corrected chi connectivity index (χ2v) is 6.04. The Morgan fingerprint density at radius 1 is 1.21 bits per heavy atom.